The Balaban J connectivity index is 2.09. The molecule has 182 valence electrons. The SMILES string of the molecule is CCCn1c(-c2ncc(S(=O)(=O)NC(C)C(F)(F)F)cn2)c(C#N)c2ccc(OC(F)F)cc21. The molecule has 0 saturated carbocycles. The highest BCUT2D eigenvalue weighted by Crippen LogP contribution is 2.34. The van der Waals surface area contributed by atoms with Gasteiger partial charge in [-0.25, -0.2) is 18.4 Å². The number of rotatable bonds is 8. The lowest BCUT2D eigenvalue weighted by atomic mass is 10.1. The molecule has 1 unspecified atom stereocenters. The van der Waals surface area contributed by atoms with Crippen LogP contribution in [0.15, 0.2) is 35.5 Å². The zero-order chi connectivity index (χ0) is 25.3. The van der Waals surface area contributed by atoms with Crippen molar-refractivity contribution in [3.8, 4) is 23.3 Å². The largest absolute Gasteiger partial charge is 0.435 e. The summed E-state index contributed by atoms with van der Waals surface area (Å²) in [6, 6.07) is 3.73. The van der Waals surface area contributed by atoms with Gasteiger partial charge in [0.15, 0.2) is 5.82 Å². The van der Waals surface area contributed by atoms with E-state index in [1.54, 1.807) is 4.57 Å². The second-order valence-electron chi connectivity index (χ2n) is 7.17. The van der Waals surface area contributed by atoms with Gasteiger partial charge >= 0.3 is 12.8 Å². The van der Waals surface area contributed by atoms with E-state index in [0.717, 1.165) is 12.4 Å². The van der Waals surface area contributed by atoms with Crippen LogP contribution in [-0.2, 0) is 16.6 Å². The average Bonchev–Trinajstić information content (AvgIpc) is 3.05. The Labute approximate surface area is 191 Å². The van der Waals surface area contributed by atoms with Crippen molar-refractivity contribution < 1.29 is 35.1 Å². The molecule has 34 heavy (non-hydrogen) atoms. The number of nitriles is 1. The quantitative estimate of drug-likeness (QED) is 0.461. The van der Waals surface area contributed by atoms with Crippen LogP contribution in [0.3, 0.4) is 0 Å². The molecule has 0 amide bonds. The van der Waals surface area contributed by atoms with Crippen LogP contribution in [0.25, 0.3) is 22.4 Å². The predicted octanol–water partition coefficient (Wildman–Crippen LogP) is 4.21. The van der Waals surface area contributed by atoms with Crippen LogP contribution in [0.2, 0.25) is 0 Å². The third-order valence-electron chi connectivity index (χ3n) is 4.79. The molecule has 2 aromatic heterocycles. The van der Waals surface area contributed by atoms with Crippen molar-refractivity contribution >= 4 is 20.9 Å². The summed E-state index contributed by atoms with van der Waals surface area (Å²) >= 11 is 0. The van der Waals surface area contributed by atoms with Gasteiger partial charge < -0.3 is 9.30 Å². The Morgan fingerprint density at radius 2 is 1.88 bits per heavy atom. The molecule has 0 radical (unpaired) electrons. The molecule has 3 aromatic rings. The van der Waals surface area contributed by atoms with Crippen molar-refractivity contribution in [3.63, 3.8) is 0 Å². The first kappa shape index (κ1) is 25.3. The van der Waals surface area contributed by atoms with Gasteiger partial charge in [-0.1, -0.05) is 6.92 Å². The molecule has 0 bridgehead atoms. The van der Waals surface area contributed by atoms with E-state index in [2.05, 4.69) is 14.7 Å². The van der Waals surface area contributed by atoms with Gasteiger partial charge in [0.1, 0.15) is 28.4 Å². The van der Waals surface area contributed by atoms with Crippen molar-refractivity contribution in [3.05, 3.63) is 36.2 Å². The van der Waals surface area contributed by atoms with Gasteiger partial charge in [-0.15, -0.1) is 0 Å². The Morgan fingerprint density at radius 1 is 1.24 bits per heavy atom. The molecule has 0 saturated heterocycles. The van der Waals surface area contributed by atoms with Gasteiger partial charge in [-0.3, -0.25) is 0 Å². The van der Waals surface area contributed by atoms with E-state index in [1.807, 2.05) is 13.0 Å². The molecule has 0 aliphatic rings. The fourth-order valence-electron chi connectivity index (χ4n) is 3.25. The maximum Gasteiger partial charge on any atom is 0.404 e. The van der Waals surface area contributed by atoms with E-state index in [9.17, 15) is 35.6 Å². The first-order valence-corrected chi connectivity index (χ1v) is 11.3. The van der Waals surface area contributed by atoms with Gasteiger partial charge in [0.25, 0.3) is 0 Å². The molecule has 8 nitrogen and oxygen atoms in total. The lowest BCUT2D eigenvalue weighted by Gasteiger charge is -2.17. The van der Waals surface area contributed by atoms with Crippen molar-refractivity contribution in [2.75, 3.05) is 0 Å². The second-order valence-corrected chi connectivity index (χ2v) is 8.89. The minimum Gasteiger partial charge on any atom is -0.435 e. The molecule has 2 heterocycles. The topological polar surface area (TPSA) is 110 Å². The zero-order valence-corrected chi connectivity index (χ0v) is 18.6. The number of nitrogens with zero attached hydrogens (tertiary/aromatic N) is 4. The summed E-state index contributed by atoms with van der Waals surface area (Å²) in [6.07, 6.45) is -2.56. The molecule has 1 atom stereocenters. The smallest absolute Gasteiger partial charge is 0.404 e. The van der Waals surface area contributed by atoms with Crippen LogP contribution in [0, 0.1) is 11.3 Å². The fourth-order valence-corrected chi connectivity index (χ4v) is 4.37. The standard InChI is InChI=1S/C20H18F5N5O3S/c1-3-6-30-16-7-12(33-19(21)22)4-5-14(16)15(8-26)17(30)18-27-9-13(10-28-18)34(31,32)29-11(2)20(23,24)25/h4-5,7,9-11,19,29H,3,6H2,1-2H3. The summed E-state index contributed by atoms with van der Waals surface area (Å²) in [6.45, 7) is -0.222. The number of benzene rings is 1. The highest BCUT2D eigenvalue weighted by molar-refractivity contribution is 7.89. The number of fused-ring (bicyclic) bond motifs is 1. The number of ether oxygens (including phenoxy) is 1. The average molecular weight is 503 g/mol. The predicted molar refractivity (Wildman–Crippen MR) is 110 cm³/mol. The Hall–Kier alpha value is -3.31. The van der Waals surface area contributed by atoms with Crippen LogP contribution in [0.5, 0.6) is 5.75 Å². The van der Waals surface area contributed by atoms with Crippen LogP contribution in [0.1, 0.15) is 25.8 Å². The molecule has 1 aromatic carbocycles. The Bertz CT molecular complexity index is 1330. The van der Waals surface area contributed by atoms with E-state index < -0.39 is 33.7 Å². The van der Waals surface area contributed by atoms with Crippen LogP contribution in [0.4, 0.5) is 22.0 Å². The monoisotopic (exact) mass is 503 g/mol. The molecule has 14 heteroatoms. The number of hydrogen-bond donors (Lipinski definition) is 1. The number of alkyl halides is 5. The minimum atomic E-state index is -4.79. The number of nitrogens with one attached hydrogen (secondary N) is 1. The summed E-state index contributed by atoms with van der Waals surface area (Å²) in [4.78, 5) is 7.33. The Morgan fingerprint density at radius 3 is 2.41 bits per heavy atom. The van der Waals surface area contributed by atoms with Crippen molar-refractivity contribution in [2.24, 2.45) is 0 Å². The number of halogens is 5. The maximum atomic E-state index is 12.7. The van der Waals surface area contributed by atoms with Gasteiger partial charge in [-0.2, -0.15) is 31.9 Å². The molecule has 0 aliphatic heterocycles. The number of aromatic nitrogens is 3. The summed E-state index contributed by atoms with van der Waals surface area (Å²) in [5, 5.41) is 10.2. The first-order valence-electron chi connectivity index (χ1n) is 9.81. The number of aryl methyl sites for hydroxylation is 1. The summed E-state index contributed by atoms with van der Waals surface area (Å²) < 4.78 is 95.6. The zero-order valence-electron chi connectivity index (χ0n) is 17.8. The molecule has 3 rings (SSSR count). The lowest BCUT2D eigenvalue weighted by Crippen LogP contribution is -2.43. The second kappa shape index (κ2) is 9.51. The van der Waals surface area contributed by atoms with E-state index in [0.29, 0.717) is 30.8 Å². The molecule has 1 N–H and O–H groups in total. The summed E-state index contributed by atoms with van der Waals surface area (Å²) in [5.74, 6) is -0.194. The number of sulfonamides is 1. The van der Waals surface area contributed by atoms with Gasteiger partial charge in [0.2, 0.25) is 10.0 Å². The van der Waals surface area contributed by atoms with E-state index in [1.165, 1.54) is 22.9 Å². The van der Waals surface area contributed by atoms with Crippen molar-refractivity contribution in [1.29, 1.82) is 5.26 Å². The third-order valence-corrected chi connectivity index (χ3v) is 6.29. The Kier molecular flexibility index (Phi) is 7.08. The van der Waals surface area contributed by atoms with Crippen LogP contribution < -0.4 is 9.46 Å². The molecular weight excluding hydrogens is 485 g/mol. The molecular formula is C20H18F5N5O3S. The third kappa shape index (κ3) is 5.10. The fraction of sp³-hybridized carbons (Fsp3) is 0.350. The van der Waals surface area contributed by atoms with E-state index >= 15 is 0 Å². The number of hydrogen-bond acceptors (Lipinski definition) is 6. The molecule has 0 spiro atoms. The van der Waals surface area contributed by atoms with Crippen LogP contribution in [-0.4, -0.2) is 41.8 Å². The van der Waals surface area contributed by atoms with Gasteiger partial charge in [0.05, 0.1) is 23.5 Å². The highest BCUT2D eigenvalue weighted by atomic mass is 32.2. The maximum absolute atomic E-state index is 12.7. The molecule has 0 aliphatic carbocycles. The van der Waals surface area contributed by atoms with Crippen LogP contribution >= 0.6 is 0 Å². The van der Waals surface area contributed by atoms with Gasteiger partial charge in [0, 0.05) is 18.0 Å². The minimum absolute atomic E-state index is 0.0691. The van der Waals surface area contributed by atoms with Crippen molar-refractivity contribution in [1.82, 2.24) is 19.3 Å². The van der Waals surface area contributed by atoms with Gasteiger partial charge in [-0.05, 0) is 25.5 Å². The summed E-state index contributed by atoms with van der Waals surface area (Å²) in [5.41, 5.74) is 0.716. The molecule has 0 fully saturated rings. The van der Waals surface area contributed by atoms with Crippen molar-refractivity contribution in [2.45, 2.75) is 50.5 Å². The highest BCUT2D eigenvalue weighted by Gasteiger charge is 2.39. The summed E-state index contributed by atoms with van der Waals surface area (Å²) in [7, 11) is -4.57. The normalized spacial score (nSPS) is 13.3. The van der Waals surface area contributed by atoms with E-state index in [-0.39, 0.29) is 22.8 Å². The lowest BCUT2D eigenvalue weighted by molar-refractivity contribution is -0.147. The first-order chi connectivity index (χ1) is 15.9. The van der Waals surface area contributed by atoms with E-state index in [4.69, 9.17) is 0 Å².